The van der Waals surface area contributed by atoms with Crippen LogP contribution >= 0.6 is 11.3 Å². The van der Waals surface area contributed by atoms with Crippen LogP contribution in [0.2, 0.25) is 0 Å². The number of sulfone groups is 1. The molecule has 3 rings (SSSR count). The highest BCUT2D eigenvalue weighted by Crippen LogP contribution is 2.21. The number of thiazole rings is 1. The van der Waals surface area contributed by atoms with Crippen LogP contribution in [0.25, 0.3) is 10.2 Å². The van der Waals surface area contributed by atoms with Gasteiger partial charge in [-0.3, -0.25) is 4.79 Å². The lowest BCUT2D eigenvalue weighted by Crippen LogP contribution is -2.20. The number of carbonyl (C=O) groups excluding carboxylic acids is 1. The van der Waals surface area contributed by atoms with Crippen LogP contribution < -0.4 is 4.80 Å². The summed E-state index contributed by atoms with van der Waals surface area (Å²) in [6, 6.07) is 11.0. The first kappa shape index (κ1) is 22.3. The van der Waals surface area contributed by atoms with Crippen molar-refractivity contribution < 1.29 is 22.3 Å². The number of ether oxygens (including phenoxy) is 1. The first-order valence-corrected chi connectivity index (χ1v) is 11.8. The fourth-order valence-electron chi connectivity index (χ4n) is 2.95. The molecule has 30 heavy (non-hydrogen) atoms. The van der Waals surface area contributed by atoms with Crippen LogP contribution in [0, 0.1) is 5.82 Å². The van der Waals surface area contributed by atoms with Crippen LogP contribution in [0.3, 0.4) is 0 Å². The van der Waals surface area contributed by atoms with Gasteiger partial charge in [-0.2, -0.15) is 4.99 Å². The predicted octanol–water partition coefficient (Wildman–Crippen LogP) is 3.34. The van der Waals surface area contributed by atoms with E-state index in [1.807, 2.05) is 0 Å². The molecule has 0 aliphatic heterocycles. The summed E-state index contributed by atoms with van der Waals surface area (Å²) in [4.78, 5) is 17.4. The smallest absolute Gasteiger partial charge is 0.252 e. The Bertz CT molecular complexity index is 1230. The maximum Gasteiger partial charge on any atom is 0.252 e. The van der Waals surface area contributed by atoms with Gasteiger partial charge in [0, 0.05) is 13.7 Å². The van der Waals surface area contributed by atoms with Crippen molar-refractivity contribution in [2.45, 2.75) is 37.0 Å². The van der Waals surface area contributed by atoms with E-state index in [0.29, 0.717) is 33.7 Å². The van der Waals surface area contributed by atoms with E-state index in [1.54, 1.807) is 49.8 Å². The zero-order chi connectivity index (χ0) is 21.9. The fraction of sp³-hybridized carbons (Fsp3) is 0.333. The van der Waals surface area contributed by atoms with Crippen molar-refractivity contribution in [3.8, 4) is 0 Å². The average Bonchev–Trinajstić information content (AvgIpc) is 3.04. The van der Waals surface area contributed by atoms with Gasteiger partial charge in [0.2, 0.25) is 0 Å². The van der Waals surface area contributed by atoms with Crippen molar-refractivity contribution in [3.63, 3.8) is 0 Å². The highest BCUT2D eigenvalue weighted by atomic mass is 32.2. The summed E-state index contributed by atoms with van der Waals surface area (Å²) >= 11 is 1.24. The fourth-order valence-corrected chi connectivity index (χ4v) is 5.10. The van der Waals surface area contributed by atoms with Gasteiger partial charge in [-0.1, -0.05) is 29.5 Å². The Hall–Kier alpha value is -2.36. The molecule has 2 aromatic carbocycles. The van der Waals surface area contributed by atoms with Crippen molar-refractivity contribution >= 4 is 37.3 Å². The van der Waals surface area contributed by atoms with Crippen LogP contribution in [0.15, 0.2) is 52.4 Å². The van der Waals surface area contributed by atoms with Gasteiger partial charge in [0.05, 0.1) is 33.4 Å². The van der Waals surface area contributed by atoms with E-state index in [9.17, 15) is 17.6 Å². The highest BCUT2D eigenvalue weighted by molar-refractivity contribution is 7.92. The number of para-hydroxylation sites is 1. The van der Waals surface area contributed by atoms with Gasteiger partial charge < -0.3 is 9.30 Å². The van der Waals surface area contributed by atoms with E-state index in [-0.39, 0.29) is 17.1 Å². The van der Waals surface area contributed by atoms with Gasteiger partial charge in [-0.25, -0.2) is 12.8 Å². The number of carbonyl (C=O) groups is 1. The Morgan fingerprint density at radius 3 is 2.53 bits per heavy atom. The molecule has 0 fully saturated rings. The number of aromatic nitrogens is 1. The predicted molar refractivity (Wildman–Crippen MR) is 115 cm³/mol. The van der Waals surface area contributed by atoms with Crippen LogP contribution in [0.1, 0.15) is 19.4 Å². The second-order valence-electron chi connectivity index (χ2n) is 7.04. The van der Waals surface area contributed by atoms with Crippen LogP contribution in [-0.4, -0.2) is 37.9 Å². The lowest BCUT2D eigenvalue weighted by Gasteiger charge is -2.08. The molecule has 0 radical (unpaired) electrons. The van der Waals surface area contributed by atoms with Crippen molar-refractivity contribution in [2.24, 2.45) is 4.99 Å². The number of benzene rings is 2. The van der Waals surface area contributed by atoms with Crippen LogP contribution in [0.4, 0.5) is 4.39 Å². The maximum atomic E-state index is 14.3. The summed E-state index contributed by atoms with van der Waals surface area (Å²) in [6.45, 7) is 3.97. The summed E-state index contributed by atoms with van der Waals surface area (Å²) in [7, 11) is -1.81. The topological polar surface area (TPSA) is 77.7 Å². The van der Waals surface area contributed by atoms with Crippen molar-refractivity contribution in [3.05, 3.63) is 58.6 Å². The third-order valence-corrected chi connectivity index (χ3v) is 7.83. The lowest BCUT2D eigenvalue weighted by atomic mass is 10.1. The first-order chi connectivity index (χ1) is 14.2. The minimum absolute atomic E-state index is 0.0169. The Balaban J connectivity index is 1.90. The summed E-state index contributed by atoms with van der Waals surface area (Å²) < 4.78 is 46.2. The second-order valence-corrected chi connectivity index (χ2v) is 10.5. The summed E-state index contributed by atoms with van der Waals surface area (Å²) in [6.07, 6.45) is 0.0169. The molecule has 0 saturated heterocycles. The molecule has 0 N–H and O–H groups in total. The largest absolute Gasteiger partial charge is 0.383 e. The molecule has 0 spiro atoms. The van der Waals surface area contributed by atoms with Gasteiger partial charge in [0.1, 0.15) is 5.82 Å². The molecule has 0 bridgehead atoms. The van der Waals surface area contributed by atoms with Gasteiger partial charge in [0.15, 0.2) is 14.6 Å². The average molecular weight is 451 g/mol. The maximum absolute atomic E-state index is 14.3. The lowest BCUT2D eigenvalue weighted by molar-refractivity contribution is -0.117. The molecule has 6 nitrogen and oxygen atoms in total. The second kappa shape index (κ2) is 9.20. The SMILES string of the molecule is COCCn1c(=NC(=O)Cc2ccc(S(=O)(=O)C(C)C)cc2)sc2cccc(F)c21. The van der Waals surface area contributed by atoms with Gasteiger partial charge >= 0.3 is 0 Å². The highest BCUT2D eigenvalue weighted by Gasteiger charge is 2.19. The first-order valence-electron chi connectivity index (χ1n) is 9.41. The molecule has 9 heteroatoms. The van der Waals surface area contributed by atoms with E-state index in [0.717, 1.165) is 0 Å². The molecule has 0 atom stereocenters. The van der Waals surface area contributed by atoms with Crippen LogP contribution in [-0.2, 0) is 32.3 Å². The minimum Gasteiger partial charge on any atom is -0.383 e. The van der Waals surface area contributed by atoms with Gasteiger partial charge in [-0.05, 0) is 43.7 Å². The Labute approximate surface area is 178 Å². The molecular weight excluding hydrogens is 427 g/mol. The molecule has 1 amide bonds. The molecule has 0 aliphatic carbocycles. The van der Waals surface area contributed by atoms with E-state index >= 15 is 0 Å². The van der Waals surface area contributed by atoms with Crippen molar-refractivity contribution in [2.75, 3.05) is 13.7 Å². The van der Waals surface area contributed by atoms with E-state index in [4.69, 9.17) is 4.74 Å². The van der Waals surface area contributed by atoms with Gasteiger partial charge in [0.25, 0.3) is 5.91 Å². The monoisotopic (exact) mass is 450 g/mol. The third-order valence-electron chi connectivity index (χ3n) is 4.62. The van der Waals surface area contributed by atoms with E-state index < -0.39 is 21.0 Å². The number of methoxy groups -OCH3 is 1. The molecule has 1 heterocycles. The number of hydrogen-bond acceptors (Lipinski definition) is 5. The molecule has 0 aliphatic rings. The number of rotatable bonds is 7. The quantitative estimate of drug-likeness (QED) is 0.553. The number of fused-ring (bicyclic) bond motifs is 1. The molecule has 160 valence electrons. The third kappa shape index (κ3) is 4.69. The van der Waals surface area contributed by atoms with E-state index in [1.165, 1.54) is 29.5 Å². The Morgan fingerprint density at radius 1 is 1.20 bits per heavy atom. The number of halogens is 1. The minimum atomic E-state index is -3.36. The standard InChI is InChI=1S/C21H23FN2O4S2/c1-14(2)30(26,27)16-9-7-15(8-10-16)13-19(25)23-21-24(11-12-28-3)20-17(22)5-4-6-18(20)29-21/h4-10,14H,11-13H2,1-3H3. The molecular formula is C21H23FN2O4S2. The number of amides is 1. The normalized spacial score (nSPS) is 12.8. The molecule has 1 aromatic heterocycles. The van der Waals surface area contributed by atoms with E-state index in [2.05, 4.69) is 4.99 Å². The molecule has 0 saturated carbocycles. The Kier molecular flexibility index (Phi) is 6.84. The molecule has 0 unspecified atom stereocenters. The number of nitrogens with zero attached hydrogens (tertiary/aromatic N) is 2. The Morgan fingerprint density at radius 2 is 1.90 bits per heavy atom. The van der Waals surface area contributed by atoms with Crippen molar-refractivity contribution in [1.82, 2.24) is 4.57 Å². The van der Waals surface area contributed by atoms with Crippen LogP contribution in [0.5, 0.6) is 0 Å². The summed E-state index contributed by atoms with van der Waals surface area (Å²) in [5.41, 5.74) is 1.05. The zero-order valence-electron chi connectivity index (χ0n) is 17.0. The van der Waals surface area contributed by atoms with Gasteiger partial charge in [-0.15, -0.1) is 0 Å². The summed E-state index contributed by atoms with van der Waals surface area (Å²) in [5.74, 6) is -0.775. The molecule has 3 aromatic rings. The summed E-state index contributed by atoms with van der Waals surface area (Å²) in [5, 5.41) is -0.518. The van der Waals surface area contributed by atoms with Crippen molar-refractivity contribution in [1.29, 1.82) is 0 Å². The number of hydrogen-bond donors (Lipinski definition) is 0. The zero-order valence-corrected chi connectivity index (χ0v) is 18.6.